The average molecular weight is 524 g/mol. The Bertz CT molecular complexity index is 1160. The maximum atomic E-state index is 13.6. The Morgan fingerprint density at radius 3 is 2.59 bits per heavy atom. The lowest BCUT2D eigenvalue weighted by Gasteiger charge is -2.35. The van der Waals surface area contributed by atoms with E-state index in [-0.39, 0.29) is 11.8 Å². The number of hydrogen-bond donors (Lipinski definition) is 2. The smallest absolute Gasteiger partial charge is 0.246 e. The standard InChI is InChI=1S/C28H37N5O3S/c1-7-20(22-19(3)31-17-37-22)11-10-18(2)15-30-24(34)21-9-8-14-33(21)25(35)23(27(4,5)6)32-26(36)28(16-29)12-13-28/h7,10-11,17,21,23H,1,8-9,12-15H2,2-6H3,(H,30,34)(H,32,36)/b18-10+,20-11+/t21?,23-/m1/s1. The third-order valence-electron chi connectivity index (χ3n) is 6.94. The number of thiazole rings is 1. The number of carbonyl (C=O) groups is 3. The Balaban J connectivity index is 1.65. The normalized spacial score (nSPS) is 20.1. The van der Waals surface area contributed by atoms with Crippen LogP contribution in [0, 0.1) is 29.1 Å². The van der Waals surface area contributed by atoms with Gasteiger partial charge in [0.15, 0.2) is 0 Å². The molecule has 2 aliphatic rings. The van der Waals surface area contributed by atoms with E-state index >= 15 is 0 Å². The van der Waals surface area contributed by atoms with E-state index in [0.717, 1.165) is 21.7 Å². The summed E-state index contributed by atoms with van der Waals surface area (Å²) in [6.07, 6.45) is 8.00. The summed E-state index contributed by atoms with van der Waals surface area (Å²) in [6, 6.07) is 0.673. The molecule has 9 heteroatoms. The minimum absolute atomic E-state index is 0.209. The van der Waals surface area contributed by atoms with Crippen molar-refractivity contribution in [1.29, 1.82) is 5.26 Å². The third-order valence-corrected chi connectivity index (χ3v) is 7.92. The molecule has 8 nitrogen and oxygen atoms in total. The van der Waals surface area contributed by atoms with Crippen LogP contribution in [0.2, 0.25) is 0 Å². The van der Waals surface area contributed by atoms with Gasteiger partial charge in [-0.3, -0.25) is 14.4 Å². The zero-order valence-corrected chi connectivity index (χ0v) is 23.2. The highest BCUT2D eigenvalue weighted by Crippen LogP contribution is 2.45. The van der Waals surface area contributed by atoms with Gasteiger partial charge in [-0.25, -0.2) is 4.98 Å². The summed E-state index contributed by atoms with van der Waals surface area (Å²) < 4.78 is 0. The molecule has 0 bridgehead atoms. The molecule has 1 aromatic heterocycles. The lowest BCUT2D eigenvalue weighted by molar-refractivity contribution is -0.144. The first-order chi connectivity index (χ1) is 17.4. The summed E-state index contributed by atoms with van der Waals surface area (Å²) in [6.45, 7) is 14.2. The summed E-state index contributed by atoms with van der Waals surface area (Å²) >= 11 is 1.56. The summed E-state index contributed by atoms with van der Waals surface area (Å²) in [7, 11) is 0. The number of aromatic nitrogens is 1. The van der Waals surface area contributed by atoms with Gasteiger partial charge in [-0.2, -0.15) is 5.26 Å². The van der Waals surface area contributed by atoms with E-state index in [1.54, 1.807) is 27.8 Å². The van der Waals surface area contributed by atoms with Gasteiger partial charge in [-0.1, -0.05) is 51.2 Å². The maximum Gasteiger partial charge on any atom is 0.246 e. The van der Waals surface area contributed by atoms with Gasteiger partial charge in [-0.05, 0) is 50.5 Å². The fourth-order valence-corrected chi connectivity index (χ4v) is 5.18. The van der Waals surface area contributed by atoms with Gasteiger partial charge in [0.25, 0.3) is 0 Å². The predicted octanol–water partition coefficient (Wildman–Crippen LogP) is 3.91. The van der Waals surface area contributed by atoms with E-state index in [1.807, 2.05) is 46.8 Å². The highest BCUT2D eigenvalue weighted by Gasteiger charge is 2.53. The number of allylic oxidation sites excluding steroid dienone is 4. The van der Waals surface area contributed by atoms with Gasteiger partial charge >= 0.3 is 0 Å². The Hall–Kier alpha value is -3.25. The lowest BCUT2D eigenvalue weighted by Crippen LogP contribution is -2.58. The molecule has 1 saturated heterocycles. The van der Waals surface area contributed by atoms with Gasteiger partial charge in [0.1, 0.15) is 17.5 Å². The van der Waals surface area contributed by atoms with Crippen molar-refractivity contribution < 1.29 is 14.4 Å². The van der Waals surface area contributed by atoms with E-state index in [9.17, 15) is 19.6 Å². The van der Waals surface area contributed by atoms with Crippen LogP contribution in [0.5, 0.6) is 0 Å². The number of nitrogens with one attached hydrogen (secondary N) is 2. The number of rotatable bonds is 9. The molecule has 1 aliphatic heterocycles. The Labute approximate surface area is 223 Å². The van der Waals surface area contributed by atoms with Crippen molar-refractivity contribution in [2.45, 2.75) is 72.4 Å². The van der Waals surface area contributed by atoms with E-state index in [1.165, 1.54) is 0 Å². The molecule has 198 valence electrons. The second-order valence-corrected chi connectivity index (χ2v) is 11.8. The number of nitriles is 1. The van der Waals surface area contributed by atoms with E-state index in [0.29, 0.717) is 38.8 Å². The van der Waals surface area contributed by atoms with Crippen LogP contribution in [0.25, 0.3) is 5.57 Å². The summed E-state index contributed by atoms with van der Waals surface area (Å²) in [5.41, 5.74) is 3.08. The SMILES string of the molecule is C=C/C(=C\C=C(/C)CNC(=O)C1CCCN1C(=O)[C@@H](NC(=O)C1(C#N)CC1)C(C)(C)C)c1scnc1C. The number of amides is 3. The second kappa shape index (κ2) is 11.4. The van der Waals surface area contributed by atoms with Gasteiger partial charge in [-0.15, -0.1) is 11.3 Å². The van der Waals surface area contributed by atoms with Crippen LogP contribution in [0.1, 0.15) is 63.9 Å². The Morgan fingerprint density at radius 1 is 1.35 bits per heavy atom. The van der Waals surface area contributed by atoms with Crippen molar-refractivity contribution >= 4 is 34.6 Å². The fourth-order valence-electron chi connectivity index (χ4n) is 4.35. The predicted molar refractivity (Wildman–Crippen MR) is 145 cm³/mol. The molecule has 2 fully saturated rings. The van der Waals surface area contributed by atoms with Crippen LogP contribution in [-0.4, -0.2) is 52.8 Å². The molecule has 1 aromatic rings. The molecular formula is C28H37N5O3S. The number of aryl methyl sites for hydroxylation is 1. The van der Waals surface area contributed by atoms with Gasteiger partial charge in [0.05, 0.1) is 22.2 Å². The van der Waals surface area contributed by atoms with Crippen molar-refractivity contribution in [3.63, 3.8) is 0 Å². The lowest BCUT2D eigenvalue weighted by atomic mass is 9.85. The molecular weight excluding hydrogens is 486 g/mol. The Kier molecular flexibility index (Phi) is 8.75. The fraction of sp³-hybridized carbons (Fsp3) is 0.536. The van der Waals surface area contributed by atoms with Crippen molar-refractivity contribution in [2.24, 2.45) is 10.8 Å². The zero-order chi connectivity index (χ0) is 27.4. The number of hydrogen-bond acceptors (Lipinski definition) is 6. The van der Waals surface area contributed by atoms with Gasteiger partial charge in [0, 0.05) is 13.1 Å². The second-order valence-electron chi connectivity index (χ2n) is 11.0. The van der Waals surface area contributed by atoms with Crippen LogP contribution < -0.4 is 10.6 Å². The van der Waals surface area contributed by atoms with Gasteiger partial charge < -0.3 is 15.5 Å². The minimum Gasteiger partial charge on any atom is -0.351 e. The average Bonchev–Trinajstić information content (AvgIpc) is 3.29. The number of likely N-dealkylation sites (tertiary alicyclic amines) is 1. The van der Waals surface area contributed by atoms with Crippen molar-refractivity contribution in [2.75, 3.05) is 13.1 Å². The monoisotopic (exact) mass is 523 g/mol. The molecule has 0 radical (unpaired) electrons. The van der Waals surface area contributed by atoms with E-state index < -0.39 is 28.8 Å². The minimum atomic E-state index is -1.02. The summed E-state index contributed by atoms with van der Waals surface area (Å²) in [4.78, 5) is 46.4. The highest BCUT2D eigenvalue weighted by molar-refractivity contribution is 7.11. The molecule has 0 spiro atoms. The van der Waals surface area contributed by atoms with E-state index in [2.05, 4.69) is 28.3 Å². The Morgan fingerprint density at radius 2 is 2.05 bits per heavy atom. The topological polar surface area (TPSA) is 115 Å². The molecule has 0 aromatic carbocycles. The molecule has 3 amide bonds. The third kappa shape index (κ3) is 6.55. The first-order valence-electron chi connectivity index (χ1n) is 12.6. The number of nitrogens with zero attached hydrogens (tertiary/aromatic N) is 3. The first-order valence-corrected chi connectivity index (χ1v) is 13.5. The molecule has 2 N–H and O–H groups in total. The maximum absolute atomic E-state index is 13.6. The van der Waals surface area contributed by atoms with Crippen LogP contribution >= 0.6 is 11.3 Å². The van der Waals surface area contributed by atoms with Crippen molar-refractivity contribution in [1.82, 2.24) is 20.5 Å². The number of carbonyl (C=O) groups excluding carboxylic acids is 3. The van der Waals surface area contributed by atoms with Crippen molar-refractivity contribution in [3.05, 3.63) is 46.5 Å². The van der Waals surface area contributed by atoms with Crippen molar-refractivity contribution in [3.8, 4) is 6.07 Å². The van der Waals surface area contributed by atoms with Gasteiger partial charge in [0.2, 0.25) is 17.7 Å². The highest BCUT2D eigenvalue weighted by atomic mass is 32.1. The molecule has 1 unspecified atom stereocenters. The molecule has 37 heavy (non-hydrogen) atoms. The molecule has 1 aliphatic carbocycles. The molecule has 1 saturated carbocycles. The first kappa shape index (κ1) is 28.3. The molecule has 3 rings (SSSR count). The van der Waals surface area contributed by atoms with E-state index in [4.69, 9.17) is 0 Å². The van der Waals surface area contributed by atoms with Crippen LogP contribution in [0.15, 0.2) is 35.9 Å². The molecule has 2 heterocycles. The molecule has 2 atom stereocenters. The zero-order valence-electron chi connectivity index (χ0n) is 22.4. The summed E-state index contributed by atoms with van der Waals surface area (Å²) in [5.74, 6) is -0.887. The quantitative estimate of drug-likeness (QED) is 0.476. The summed E-state index contributed by atoms with van der Waals surface area (Å²) in [5, 5.41) is 15.2. The largest absolute Gasteiger partial charge is 0.351 e. The van der Waals surface area contributed by atoms with Crippen LogP contribution in [-0.2, 0) is 14.4 Å². The van der Waals surface area contributed by atoms with Crippen LogP contribution in [0.4, 0.5) is 0 Å². The van der Waals surface area contributed by atoms with Crippen LogP contribution in [0.3, 0.4) is 0 Å².